The van der Waals surface area contributed by atoms with E-state index in [1.54, 1.807) is 31.0 Å². The summed E-state index contributed by atoms with van der Waals surface area (Å²) in [6, 6.07) is 3.73. The Balaban J connectivity index is 1.85. The summed E-state index contributed by atoms with van der Waals surface area (Å²) in [6.45, 7) is 4.25. The number of pyridine rings is 1. The highest BCUT2D eigenvalue weighted by Crippen LogP contribution is 2.28. The van der Waals surface area contributed by atoms with Crippen molar-refractivity contribution in [1.82, 2.24) is 14.9 Å². The van der Waals surface area contributed by atoms with Gasteiger partial charge in [0, 0.05) is 36.9 Å². The first-order chi connectivity index (χ1) is 12.3. The van der Waals surface area contributed by atoms with Crippen LogP contribution in [0.5, 0.6) is 0 Å². The maximum Gasteiger partial charge on any atom is 0.339 e. The largest absolute Gasteiger partial charge is 0.478 e. The fraction of sp³-hybridized carbons (Fsp3) is 0.444. The molecule has 0 aromatic carbocycles. The number of aromatic carboxylic acids is 1. The number of rotatable bonds is 4. The average molecular weight is 355 g/mol. The molecule has 0 saturated carbocycles. The zero-order valence-electron chi connectivity index (χ0n) is 14.7. The predicted molar refractivity (Wildman–Crippen MR) is 95.7 cm³/mol. The lowest BCUT2D eigenvalue weighted by molar-refractivity contribution is -0.138. The number of likely N-dealkylation sites (tertiary alicyclic amines) is 1. The van der Waals surface area contributed by atoms with Crippen molar-refractivity contribution in [3.05, 3.63) is 24.0 Å². The Morgan fingerprint density at radius 2 is 2.27 bits per heavy atom. The molecule has 8 heteroatoms. The van der Waals surface area contributed by atoms with E-state index >= 15 is 0 Å². The zero-order chi connectivity index (χ0) is 18.9. The molecule has 0 spiro atoms. The number of nitriles is 1. The van der Waals surface area contributed by atoms with Crippen LogP contribution in [0.3, 0.4) is 0 Å². The van der Waals surface area contributed by atoms with E-state index in [4.69, 9.17) is 0 Å². The van der Waals surface area contributed by atoms with Crippen LogP contribution in [-0.4, -0.2) is 51.0 Å². The van der Waals surface area contributed by atoms with E-state index in [1.807, 2.05) is 6.07 Å². The molecular weight excluding hydrogens is 334 g/mol. The molecule has 0 radical (unpaired) electrons. The highest BCUT2D eigenvalue weighted by molar-refractivity contribution is 6.03. The third-order valence-electron chi connectivity index (χ3n) is 4.69. The van der Waals surface area contributed by atoms with Crippen LogP contribution in [0.1, 0.15) is 37.0 Å². The van der Waals surface area contributed by atoms with Gasteiger partial charge in [-0.25, -0.2) is 9.78 Å². The van der Waals surface area contributed by atoms with Crippen molar-refractivity contribution in [2.45, 2.75) is 32.7 Å². The van der Waals surface area contributed by atoms with E-state index in [2.05, 4.69) is 15.3 Å². The van der Waals surface area contributed by atoms with E-state index in [0.29, 0.717) is 29.8 Å². The number of carbonyl (C=O) groups excluding carboxylic acids is 1. The second-order valence-electron chi connectivity index (χ2n) is 7.06. The number of piperidine rings is 1. The van der Waals surface area contributed by atoms with Crippen molar-refractivity contribution >= 4 is 28.6 Å². The van der Waals surface area contributed by atoms with Crippen molar-refractivity contribution in [3.8, 4) is 6.07 Å². The SMILES string of the molecule is CC(C)(C#N)C(=O)N1CCCC(Nc2c(C(=O)O)cnc3[nH]ccc23)C1. The molecule has 3 N–H and O–H groups in total. The van der Waals surface area contributed by atoms with Gasteiger partial charge in [0.1, 0.15) is 16.6 Å². The predicted octanol–water partition coefficient (Wildman–Crippen LogP) is 2.21. The number of H-pyrrole nitrogens is 1. The minimum atomic E-state index is -1.07. The fourth-order valence-electron chi connectivity index (χ4n) is 3.25. The first-order valence-corrected chi connectivity index (χ1v) is 8.50. The second kappa shape index (κ2) is 6.67. The Labute approximate surface area is 150 Å². The number of nitrogens with one attached hydrogen (secondary N) is 2. The summed E-state index contributed by atoms with van der Waals surface area (Å²) in [5, 5.41) is 22.7. The molecule has 26 heavy (non-hydrogen) atoms. The summed E-state index contributed by atoms with van der Waals surface area (Å²) >= 11 is 0. The normalized spacial score (nSPS) is 17.7. The smallest absolute Gasteiger partial charge is 0.339 e. The topological polar surface area (TPSA) is 122 Å². The Kier molecular flexibility index (Phi) is 4.55. The van der Waals surface area contributed by atoms with E-state index < -0.39 is 11.4 Å². The fourth-order valence-corrected chi connectivity index (χ4v) is 3.25. The molecule has 8 nitrogen and oxygen atoms in total. The van der Waals surface area contributed by atoms with Gasteiger partial charge in [0.2, 0.25) is 5.91 Å². The summed E-state index contributed by atoms with van der Waals surface area (Å²) in [5.74, 6) is -1.26. The molecule has 1 fully saturated rings. The maximum absolute atomic E-state index is 12.6. The summed E-state index contributed by atoms with van der Waals surface area (Å²) in [7, 11) is 0. The number of carbonyl (C=O) groups is 2. The molecule has 0 aliphatic carbocycles. The minimum Gasteiger partial charge on any atom is -0.478 e. The van der Waals surface area contributed by atoms with E-state index in [1.165, 1.54) is 6.20 Å². The van der Waals surface area contributed by atoms with Gasteiger partial charge in [-0.05, 0) is 32.8 Å². The number of nitrogens with zero attached hydrogens (tertiary/aromatic N) is 3. The lowest BCUT2D eigenvalue weighted by atomic mass is 9.92. The van der Waals surface area contributed by atoms with Crippen LogP contribution in [-0.2, 0) is 4.79 Å². The lowest BCUT2D eigenvalue weighted by Gasteiger charge is -2.36. The summed E-state index contributed by atoms with van der Waals surface area (Å²) in [4.78, 5) is 32.9. The second-order valence-corrected chi connectivity index (χ2v) is 7.06. The van der Waals surface area contributed by atoms with Crippen molar-refractivity contribution in [2.24, 2.45) is 5.41 Å². The van der Waals surface area contributed by atoms with Gasteiger partial charge < -0.3 is 20.3 Å². The number of hydrogen-bond donors (Lipinski definition) is 3. The van der Waals surface area contributed by atoms with E-state index in [0.717, 1.165) is 12.8 Å². The van der Waals surface area contributed by atoms with E-state index in [-0.39, 0.29) is 17.5 Å². The summed E-state index contributed by atoms with van der Waals surface area (Å²) < 4.78 is 0. The number of aromatic amines is 1. The quantitative estimate of drug-likeness (QED) is 0.773. The minimum absolute atomic E-state index is 0.0953. The van der Waals surface area contributed by atoms with Gasteiger partial charge in [-0.2, -0.15) is 5.26 Å². The van der Waals surface area contributed by atoms with Gasteiger partial charge in [0.05, 0.1) is 11.8 Å². The molecule has 3 rings (SSSR count). The van der Waals surface area contributed by atoms with Crippen molar-refractivity contribution < 1.29 is 14.7 Å². The number of amides is 1. The molecule has 3 heterocycles. The molecule has 1 atom stereocenters. The van der Waals surface area contributed by atoms with Gasteiger partial charge in [-0.3, -0.25) is 4.79 Å². The highest BCUT2D eigenvalue weighted by atomic mass is 16.4. The van der Waals surface area contributed by atoms with Crippen LogP contribution in [0.15, 0.2) is 18.5 Å². The number of anilines is 1. The summed E-state index contributed by atoms with van der Waals surface area (Å²) in [6.07, 6.45) is 4.63. The first kappa shape index (κ1) is 17.7. The monoisotopic (exact) mass is 355 g/mol. The summed E-state index contributed by atoms with van der Waals surface area (Å²) in [5.41, 5.74) is 0.131. The number of fused-ring (bicyclic) bond motifs is 1. The molecule has 1 aliphatic rings. The molecule has 2 aromatic heterocycles. The Morgan fingerprint density at radius 3 is 2.96 bits per heavy atom. The van der Waals surface area contributed by atoms with Crippen LogP contribution in [0, 0.1) is 16.7 Å². The van der Waals surface area contributed by atoms with Gasteiger partial charge >= 0.3 is 5.97 Å². The molecule has 2 aromatic rings. The first-order valence-electron chi connectivity index (χ1n) is 8.50. The van der Waals surface area contributed by atoms with Crippen LogP contribution >= 0.6 is 0 Å². The number of carboxylic acid groups (broad SMARTS) is 1. The maximum atomic E-state index is 12.6. The van der Waals surface area contributed by atoms with Crippen molar-refractivity contribution in [2.75, 3.05) is 18.4 Å². The molecule has 136 valence electrons. The highest BCUT2D eigenvalue weighted by Gasteiger charge is 2.35. The Morgan fingerprint density at radius 1 is 1.50 bits per heavy atom. The van der Waals surface area contributed by atoms with Gasteiger partial charge in [0.25, 0.3) is 0 Å². The van der Waals surface area contributed by atoms with Gasteiger partial charge in [0.15, 0.2) is 0 Å². The molecule has 1 saturated heterocycles. The molecule has 1 aliphatic heterocycles. The number of hydrogen-bond acceptors (Lipinski definition) is 5. The third-order valence-corrected chi connectivity index (χ3v) is 4.69. The molecule has 1 unspecified atom stereocenters. The van der Waals surface area contributed by atoms with Crippen LogP contribution < -0.4 is 5.32 Å². The van der Waals surface area contributed by atoms with Crippen molar-refractivity contribution in [3.63, 3.8) is 0 Å². The lowest BCUT2D eigenvalue weighted by Crippen LogP contribution is -2.49. The molecular formula is C18H21N5O3. The molecule has 0 bridgehead atoms. The number of aromatic nitrogens is 2. The number of carboxylic acids is 1. The third kappa shape index (κ3) is 3.20. The van der Waals surface area contributed by atoms with E-state index in [9.17, 15) is 20.0 Å². The van der Waals surface area contributed by atoms with Gasteiger partial charge in [-0.15, -0.1) is 0 Å². The zero-order valence-corrected chi connectivity index (χ0v) is 14.7. The Bertz CT molecular complexity index is 896. The van der Waals surface area contributed by atoms with Crippen molar-refractivity contribution in [1.29, 1.82) is 5.26 Å². The molecule has 1 amide bonds. The average Bonchev–Trinajstić information content (AvgIpc) is 3.10. The van der Waals surface area contributed by atoms with Gasteiger partial charge in [-0.1, -0.05) is 0 Å². The van der Waals surface area contributed by atoms with Crippen LogP contribution in [0.2, 0.25) is 0 Å². The van der Waals surface area contributed by atoms with Crippen LogP contribution in [0.25, 0.3) is 11.0 Å². The Hall–Kier alpha value is -3.08. The standard InChI is InChI=1S/C18H21N5O3/c1-18(2,10-19)17(26)23-7-3-4-11(9-23)22-14-12-5-6-20-15(12)21-8-13(14)16(24)25/h5-6,8,11H,3-4,7,9H2,1-2H3,(H,24,25)(H2,20,21,22). The van der Waals surface area contributed by atoms with Crippen LogP contribution in [0.4, 0.5) is 5.69 Å².